The van der Waals surface area contributed by atoms with Gasteiger partial charge in [0.1, 0.15) is 0 Å². The molecule has 0 radical (unpaired) electrons. The zero-order valence-electron chi connectivity index (χ0n) is 5.55. The summed E-state index contributed by atoms with van der Waals surface area (Å²) in [6.45, 7) is 1.09. The first-order valence-corrected chi connectivity index (χ1v) is 5.67. The van der Waals surface area contributed by atoms with Crippen LogP contribution in [0, 0.1) is 0 Å². The first-order valence-electron chi connectivity index (χ1n) is 2.63. The van der Waals surface area contributed by atoms with Crippen molar-refractivity contribution in [2.24, 2.45) is 0 Å². The minimum atomic E-state index is -3.83. The van der Waals surface area contributed by atoms with Crippen LogP contribution < -0.4 is 0 Å². The lowest BCUT2D eigenvalue weighted by molar-refractivity contribution is 0.219. The molecular weight excluding hydrogens is 196 g/mol. The van der Waals surface area contributed by atoms with E-state index < -0.39 is 31.6 Å². The molecule has 0 aromatic heterocycles. The van der Waals surface area contributed by atoms with Crippen molar-refractivity contribution < 1.29 is 25.2 Å². The Kier molecular flexibility index (Phi) is 1.95. The van der Waals surface area contributed by atoms with E-state index in [2.05, 4.69) is 8.37 Å². The second-order valence-electron chi connectivity index (χ2n) is 1.95. The largest absolute Gasteiger partial charge is 0.297 e. The van der Waals surface area contributed by atoms with Crippen molar-refractivity contribution >= 4 is 20.2 Å². The fourth-order valence-corrected chi connectivity index (χ4v) is 2.92. The fraction of sp³-hybridized carbons (Fsp3) is 1.00. The monoisotopic (exact) mass is 202 g/mol. The molecular formula is C3H6O6S2. The zero-order valence-corrected chi connectivity index (χ0v) is 7.18. The Morgan fingerprint density at radius 1 is 1.27 bits per heavy atom. The molecule has 1 heterocycles. The van der Waals surface area contributed by atoms with Crippen LogP contribution in [0.15, 0.2) is 0 Å². The molecule has 11 heavy (non-hydrogen) atoms. The Labute approximate surface area is 64.4 Å². The van der Waals surface area contributed by atoms with Crippen LogP contribution in [0.25, 0.3) is 0 Å². The van der Waals surface area contributed by atoms with Crippen molar-refractivity contribution in [2.75, 3.05) is 5.94 Å². The van der Waals surface area contributed by atoms with Crippen LogP contribution in [-0.4, -0.2) is 28.2 Å². The third-order valence-electron chi connectivity index (χ3n) is 1.05. The molecule has 6 nitrogen and oxygen atoms in total. The molecule has 1 aliphatic heterocycles. The van der Waals surface area contributed by atoms with Crippen LogP contribution in [0.3, 0.4) is 0 Å². The molecule has 0 spiro atoms. The molecule has 0 bridgehead atoms. The van der Waals surface area contributed by atoms with Gasteiger partial charge in [0, 0.05) is 0 Å². The maximum atomic E-state index is 10.7. The summed E-state index contributed by atoms with van der Waals surface area (Å²) < 4.78 is 50.6. The Morgan fingerprint density at radius 2 is 1.82 bits per heavy atom. The first kappa shape index (κ1) is 8.91. The van der Waals surface area contributed by atoms with E-state index in [1.54, 1.807) is 0 Å². The minimum Gasteiger partial charge on any atom is -0.249 e. The van der Waals surface area contributed by atoms with Crippen molar-refractivity contribution in [1.82, 2.24) is 0 Å². The van der Waals surface area contributed by atoms with Crippen LogP contribution in [0.2, 0.25) is 0 Å². The summed E-state index contributed by atoms with van der Waals surface area (Å²) in [7, 11) is -7.64. The van der Waals surface area contributed by atoms with Gasteiger partial charge < -0.3 is 0 Å². The van der Waals surface area contributed by atoms with E-state index in [9.17, 15) is 16.8 Å². The van der Waals surface area contributed by atoms with Crippen LogP contribution in [0.1, 0.15) is 6.92 Å². The van der Waals surface area contributed by atoms with E-state index in [1.807, 2.05) is 0 Å². The molecule has 1 unspecified atom stereocenters. The predicted octanol–water partition coefficient (Wildman–Crippen LogP) is -1.00. The van der Waals surface area contributed by atoms with Crippen LogP contribution in [0.5, 0.6) is 0 Å². The summed E-state index contributed by atoms with van der Waals surface area (Å²) >= 11 is 0. The highest BCUT2D eigenvalue weighted by Crippen LogP contribution is 2.16. The molecule has 8 heteroatoms. The molecule has 0 saturated carbocycles. The standard InChI is InChI=1S/C3H6O6S2/c1-3-9-10(4,5)2-8-11(3,6)7/h3H,2H2,1H3. The van der Waals surface area contributed by atoms with E-state index in [0.717, 1.165) is 6.92 Å². The molecule has 0 aromatic carbocycles. The van der Waals surface area contributed by atoms with Crippen molar-refractivity contribution in [3.05, 3.63) is 0 Å². The van der Waals surface area contributed by atoms with Gasteiger partial charge in [0.2, 0.25) is 5.44 Å². The quantitative estimate of drug-likeness (QED) is 0.468. The Morgan fingerprint density at radius 3 is 2.18 bits per heavy atom. The zero-order chi connectivity index (χ0) is 8.70. The molecule has 1 fully saturated rings. The van der Waals surface area contributed by atoms with Crippen LogP contribution in [0.4, 0.5) is 0 Å². The normalized spacial score (nSPS) is 34.8. The average molecular weight is 202 g/mol. The summed E-state index contributed by atoms with van der Waals surface area (Å²) in [5.41, 5.74) is -1.44. The lowest BCUT2D eigenvalue weighted by Gasteiger charge is -2.18. The molecule has 66 valence electrons. The third kappa shape index (κ3) is 1.89. The van der Waals surface area contributed by atoms with Gasteiger partial charge in [0.25, 0.3) is 20.2 Å². The summed E-state index contributed by atoms with van der Waals surface area (Å²) in [5.74, 6) is -0.931. The highest BCUT2D eigenvalue weighted by atomic mass is 32.2. The van der Waals surface area contributed by atoms with E-state index >= 15 is 0 Å². The first-order chi connectivity index (χ1) is 4.83. The summed E-state index contributed by atoms with van der Waals surface area (Å²) in [5, 5.41) is 0. The van der Waals surface area contributed by atoms with Gasteiger partial charge in [-0.1, -0.05) is 0 Å². The number of hydrogen-bond acceptors (Lipinski definition) is 6. The third-order valence-corrected chi connectivity index (χ3v) is 3.66. The Bertz CT molecular complexity index is 336. The smallest absolute Gasteiger partial charge is 0.249 e. The maximum absolute atomic E-state index is 10.7. The van der Waals surface area contributed by atoms with Gasteiger partial charge >= 0.3 is 0 Å². The van der Waals surface area contributed by atoms with Gasteiger partial charge in [0.05, 0.1) is 0 Å². The molecule has 0 N–H and O–H groups in total. The molecule has 0 aromatic rings. The molecule has 1 rings (SSSR count). The molecule has 1 aliphatic rings. The second kappa shape index (κ2) is 2.41. The highest BCUT2D eigenvalue weighted by Gasteiger charge is 2.35. The lowest BCUT2D eigenvalue weighted by Crippen LogP contribution is -2.34. The average Bonchev–Trinajstić information content (AvgIpc) is 1.81. The Balaban J connectivity index is 2.96. The Hall–Kier alpha value is -0.180. The van der Waals surface area contributed by atoms with Crippen molar-refractivity contribution in [1.29, 1.82) is 0 Å². The molecule has 0 aliphatic carbocycles. The SMILES string of the molecule is CC1OS(=O)(=O)COS1(=O)=O. The van der Waals surface area contributed by atoms with Gasteiger partial charge in [0.15, 0.2) is 5.94 Å². The topological polar surface area (TPSA) is 86.7 Å². The highest BCUT2D eigenvalue weighted by molar-refractivity contribution is 7.92. The van der Waals surface area contributed by atoms with Crippen molar-refractivity contribution in [3.8, 4) is 0 Å². The summed E-state index contributed by atoms with van der Waals surface area (Å²) in [4.78, 5) is 0. The van der Waals surface area contributed by atoms with Crippen molar-refractivity contribution in [3.63, 3.8) is 0 Å². The predicted molar refractivity (Wildman–Crippen MR) is 34.3 cm³/mol. The summed E-state index contributed by atoms with van der Waals surface area (Å²) in [6, 6.07) is 0. The van der Waals surface area contributed by atoms with E-state index in [4.69, 9.17) is 0 Å². The molecule has 0 amide bonds. The van der Waals surface area contributed by atoms with Crippen molar-refractivity contribution in [2.45, 2.75) is 12.4 Å². The number of rotatable bonds is 0. The second-order valence-corrected chi connectivity index (χ2v) is 5.38. The van der Waals surface area contributed by atoms with E-state index in [-0.39, 0.29) is 0 Å². The van der Waals surface area contributed by atoms with Crippen LogP contribution >= 0.6 is 0 Å². The van der Waals surface area contributed by atoms with Gasteiger partial charge in [-0.2, -0.15) is 16.8 Å². The van der Waals surface area contributed by atoms with Gasteiger partial charge in [-0.3, -0.25) is 0 Å². The minimum absolute atomic E-state index is 0.931. The van der Waals surface area contributed by atoms with Gasteiger partial charge in [-0.25, -0.2) is 8.37 Å². The van der Waals surface area contributed by atoms with E-state index in [1.165, 1.54) is 0 Å². The fourth-order valence-electron chi connectivity index (χ4n) is 0.504. The summed E-state index contributed by atoms with van der Waals surface area (Å²) in [6.07, 6.45) is 0. The molecule has 1 atom stereocenters. The number of hydrogen-bond donors (Lipinski definition) is 0. The molecule has 1 saturated heterocycles. The van der Waals surface area contributed by atoms with Gasteiger partial charge in [-0.05, 0) is 6.92 Å². The van der Waals surface area contributed by atoms with E-state index in [0.29, 0.717) is 0 Å². The maximum Gasteiger partial charge on any atom is 0.297 e. The van der Waals surface area contributed by atoms with Gasteiger partial charge in [-0.15, -0.1) is 0 Å². The van der Waals surface area contributed by atoms with Crippen LogP contribution in [-0.2, 0) is 28.6 Å². The lowest BCUT2D eigenvalue weighted by atomic mass is 10.9.